The first-order valence-electron chi connectivity index (χ1n) is 6.52. The molecule has 1 heterocycles. The van der Waals surface area contributed by atoms with Crippen LogP contribution in [-0.2, 0) is 6.54 Å². The van der Waals surface area contributed by atoms with Crippen molar-refractivity contribution in [2.24, 2.45) is 5.73 Å². The van der Waals surface area contributed by atoms with Crippen LogP contribution in [0.2, 0.25) is 0 Å². The summed E-state index contributed by atoms with van der Waals surface area (Å²) in [6.45, 7) is 5.01. The van der Waals surface area contributed by atoms with Crippen molar-refractivity contribution < 1.29 is 4.74 Å². The molecule has 102 valence electrons. The predicted molar refractivity (Wildman–Crippen MR) is 76.2 cm³/mol. The van der Waals surface area contributed by atoms with Gasteiger partial charge >= 0.3 is 0 Å². The highest BCUT2D eigenvalue weighted by molar-refractivity contribution is 5.28. The SMILES string of the molecule is COc1ccc(C(N)Cn2ccnc2C(C)C)cc1. The summed E-state index contributed by atoms with van der Waals surface area (Å²) >= 11 is 0. The minimum Gasteiger partial charge on any atom is -0.497 e. The topological polar surface area (TPSA) is 53.1 Å². The summed E-state index contributed by atoms with van der Waals surface area (Å²) in [5.41, 5.74) is 7.36. The fraction of sp³-hybridized carbons (Fsp3) is 0.400. The van der Waals surface area contributed by atoms with Gasteiger partial charge in [0.05, 0.1) is 7.11 Å². The van der Waals surface area contributed by atoms with Crippen LogP contribution in [0.25, 0.3) is 0 Å². The maximum atomic E-state index is 6.26. The molecule has 0 saturated carbocycles. The van der Waals surface area contributed by atoms with Crippen molar-refractivity contribution in [3.8, 4) is 5.75 Å². The zero-order chi connectivity index (χ0) is 13.8. The first kappa shape index (κ1) is 13.6. The molecule has 0 bridgehead atoms. The van der Waals surface area contributed by atoms with Crippen LogP contribution in [0.4, 0.5) is 0 Å². The Bertz CT molecular complexity index is 516. The first-order valence-corrected chi connectivity index (χ1v) is 6.52. The van der Waals surface area contributed by atoms with Crippen molar-refractivity contribution in [1.82, 2.24) is 9.55 Å². The van der Waals surface area contributed by atoms with E-state index in [1.54, 1.807) is 7.11 Å². The normalized spacial score (nSPS) is 12.7. The third kappa shape index (κ3) is 3.15. The van der Waals surface area contributed by atoms with Gasteiger partial charge in [-0.25, -0.2) is 4.98 Å². The minimum atomic E-state index is -0.0439. The molecule has 1 aromatic heterocycles. The molecule has 1 aromatic carbocycles. The van der Waals surface area contributed by atoms with Crippen LogP contribution in [0.1, 0.15) is 37.2 Å². The van der Waals surface area contributed by atoms with Crippen LogP contribution in [0.3, 0.4) is 0 Å². The second-order valence-corrected chi connectivity index (χ2v) is 4.97. The number of benzene rings is 1. The highest BCUT2D eigenvalue weighted by atomic mass is 16.5. The average Bonchev–Trinajstić information content (AvgIpc) is 2.87. The van der Waals surface area contributed by atoms with E-state index in [0.717, 1.165) is 23.7 Å². The van der Waals surface area contributed by atoms with E-state index in [1.807, 2.05) is 36.7 Å². The molecule has 0 radical (unpaired) electrons. The molecule has 2 N–H and O–H groups in total. The lowest BCUT2D eigenvalue weighted by molar-refractivity contribution is 0.414. The second-order valence-electron chi connectivity index (χ2n) is 4.97. The highest BCUT2D eigenvalue weighted by Crippen LogP contribution is 2.19. The fourth-order valence-electron chi connectivity index (χ4n) is 2.14. The van der Waals surface area contributed by atoms with Gasteiger partial charge in [-0.05, 0) is 17.7 Å². The van der Waals surface area contributed by atoms with Crippen molar-refractivity contribution in [1.29, 1.82) is 0 Å². The van der Waals surface area contributed by atoms with Crippen LogP contribution < -0.4 is 10.5 Å². The van der Waals surface area contributed by atoms with E-state index in [1.165, 1.54) is 0 Å². The van der Waals surface area contributed by atoms with Gasteiger partial charge in [0.2, 0.25) is 0 Å². The Kier molecular flexibility index (Phi) is 4.22. The summed E-state index contributed by atoms with van der Waals surface area (Å²) in [4.78, 5) is 4.38. The number of methoxy groups -OCH3 is 1. The number of nitrogens with zero attached hydrogens (tertiary/aromatic N) is 2. The molecule has 0 amide bonds. The monoisotopic (exact) mass is 259 g/mol. The van der Waals surface area contributed by atoms with Crippen molar-refractivity contribution in [2.75, 3.05) is 7.11 Å². The van der Waals surface area contributed by atoms with E-state index < -0.39 is 0 Å². The largest absolute Gasteiger partial charge is 0.497 e. The van der Waals surface area contributed by atoms with Crippen LogP contribution in [0.5, 0.6) is 5.75 Å². The molecule has 0 aliphatic rings. The molecule has 4 heteroatoms. The van der Waals surface area contributed by atoms with Gasteiger partial charge in [-0.15, -0.1) is 0 Å². The van der Waals surface area contributed by atoms with Crippen molar-refractivity contribution in [2.45, 2.75) is 32.4 Å². The molecular weight excluding hydrogens is 238 g/mol. The zero-order valence-corrected chi connectivity index (χ0v) is 11.7. The van der Waals surface area contributed by atoms with Crippen LogP contribution in [-0.4, -0.2) is 16.7 Å². The molecule has 0 aliphatic heterocycles. The van der Waals surface area contributed by atoms with Gasteiger partial charge in [0.25, 0.3) is 0 Å². The zero-order valence-electron chi connectivity index (χ0n) is 11.7. The summed E-state index contributed by atoms with van der Waals surface area (Å²) < 4.78 is 7.27. The number of imidazole rings is 1. The Morgan fingerprint density at radius 3 is 2.53 bits per heavy atom. The first-order chi connectivity index (χ1) is 9.11. The third-order valence-corrected chi connectivity index (χ3v) is 3.20. The molecule has 19 heavy (non-hydrogen) atoms. The number of hydrogen-bond acceptors (Lipinski definition) is 3. The van der Waals surface area contributed by atoms with Crippen LogP contribution in [0.15, 0.2) is 36.7 Å². The van der Waals surface area contributed by atoms with E-state index in [2.05, 4.69) is 23.4 Å². The molecule has 2 aromatic rings. The lowest BCUT2D eigenvalue weighted by Crippen LogP contribution is -2.19. The van der Waals surface area contributed by atoms with E-state index >= 15 is 0 Å². The molecule has 0 aliphatic carbocycles. The molecule has 0 fully saturated rings. The third-order valence-electron chi connectivity index (χ3n) is 3.20. The summed E-state index contributed by atoms with van der Waals surface area (Å²) in [5, 5.41) is 0. The lowest BCUT2D eigenvalue weighted by atomic mass is 10.1. The van der Waals surface area contributed by atoms with Gasteiger partial charge in [-0.2, -0.15) is 0 Å². The summed E-state index contributed by atoms with van der Waals surface area (Å²) in [6, 6.07) is 7.85. The Morgan fingerprint density at radius 2 is 1.95 bits per heavy atom. The highest BCUT2D eigenvalue weighted by Gasteiger charge is 2.12. The quantitative estimate of drug-likeness (QED) is 0.898. The summed E-state index contributed by atoms with van der Waals surface area (Å²) in [6.07, 6.45) is 3.81. The number of hydrogen-bond donors (Lipinski definition) is 1. The van der Waals surface area contributed by atoms with Gasteiger partial charge in [0.1, 0.15) is 11.6 Å². The maximum Gasteiger partial charge on any atom is 0.118 e. The molecule has 0 spiro atoms. The van der Waals surface area contributed by atoms with Gasteiger partial charge in [-0.1, -0.05) is 26.0 Å². The fourth-order valence-corrected chi connectivity index (χ4v) is 2.14. The Labute approximate surface area is 114 Å². The average molecular weight is 259 g/mol. The van der Waals surface area contributed by atoms with Crippen molar-refractivity contribution in [3.05, 3.63) is 48.0 Å². The minimum absolute atomic E-state index is 0.0439. The van der Waals surface area contributed by atoms with Gasteiger partial charge < -0.3 is 15.0 Å². The smallest absolute Gasteiger partial charge is 0.118 e. The number of rotatable bonds is 5. The van der Waals surface area contributed by atoms with Gasteiger partial charge in [0, 0.05) is 30.9 Å². The lowest BCUT2D eigenvalue weighted by Gasteiger charge is -2.16. The molecular formula is C15H21N3O. The summed E-state index contributed by atoms with van der Waals surface area (Å²) in [5.74, 6) is 2.32. The van der Waals surface area contributed by atoms with E-state index in [4.69, 9.17) is 10.5 Å². The van der Waals surface area contributed by atoms with Gasteiger partial charge in [0.15, 0.2) is 0 Å². The van der Waals surface area contributed by atoms with E-state index in [-0.39, 0.29) is 6.04 Å². The Hall–Kier alpha value is -1.81. The van der Waals surface area contributed by atoms with Crippen molar-refractivity contribution in [3.63, 3.8) is 0 Å². The van der Waals surface area contributed by atoms with Crippen LogP contribution in [0, 0.1) is 0 Å². The molecule has 0 saturated heterocycles. The Morgan fingerprint density at radius 1 is 1.26 bits per heavy atom. The standard InChI is InChI=1S/C15H21N3O/c1-11(2)15-17-8-9-18(15)10-14(16)12-4-6-13(19-3)7-5-12/h4-9,11,14H,10,16H2,1-3H3. The molecule has 1 unspecified atom stereocenters. The second kappa shape index (κ2) is 5.89. The number of nitrogens with two attached hydrogens (primary N) is 1. The predicted octanol–water partition coefficient (Wildman–Crippen LogP) is 2.72. The van der Waals surface area contributed by atoms with Crippen LogP contribution >= 0.6 is 0 Å². The van der Waals surface area contributed by atoms with E-state index in [9.17, 15) is 0 Å². The molecule has 4 nitrogen and oxygen atoms in total. The molecule has 2 rings (SSSR count). The Balaban J connectivity index is 2.11. The summed E-state index contributed by atoms with van der Waals surface area (Å²) in [7, 11) is 1.66. The number of aromatic nitrogens is 2. The van der Waals surface area contributed by atoms with E-state index in [0.29, 0.717) is 5.92 Å². The number of ether oxygens (including phenoxy) is 1. The van der Waals surface area contributed by atoms with Gasteiger partial charge in [-0.3, -0.25) is 0 Å². The van der Waals surface area contributed by atoms with Crippen molar-refractivity contribution >= 4 is 0 Å². The molecule has 1 atom stereocenters. The maximum absolute atomic E-state index is 6.26.